The molecular formula is C35H43N3O7S. The lowest BCUT2D eigenvalue weighted by molar-refractivity contribution is -0.139. The molecule has 46 heavy (non-hydrogen) atoms. The van der Waals surface area contributed by atoms with Crippen molar-refractivity contribution in [1.29, 1.82) is 0 Å². The highest BCUT2D eigenvalue weighted by atomic mass is 32.2. The monoisotopic (exact) mass is 649 g/mol. The number of rotatable bonds is 17. The molecule has 0 spiro atoms. The molecule has 3 aromatic carbocycles. The fourth-order valence-corrected chi connectivity index (χ4v) is 6.41. The first-order valence-electron chi connectivity index (χ1n) is 15.9. The van der Waals surface area contributed by atoms with E-state index in [0.29, 0.717) is 29.3 Å². The van der Waals surface area contributed by atoms with Gasteiger partial charge in [0.15, 0.2) is 0 Å². The van der Waals surface area contributed by atoms with Gasteiger partial charge < -0.3 is 20.5 Å². The molecule has 2 amide bonds. The summed E-state index contributed by atoms with van der Waals surface area (Å²) in [5.74, 6) is -1.17. The molecule has 0 aliphatic heterocycles. The minimum absolute atomic E-state index is 0.0102. The first-order chi connectivity index (χ1) is 22.1. The number of carbonyl (C=O) groups excluding carboxylic acids is 2. The summed E-state index contributed by atoms with van der Waals surface area (Å²) in [4.78, 5) is 37.2. The number of hydrogen-bond donors (Lipinski definition) is 4. The van der Waals surface area contributed by atoms with E-state index in [4.69, 9.17) is 4.74 Å². The second-order valence-electron chi connectivity index (χ2n) is 11.7. The van der Waals surface area contributed by atoms with E-state index in [0.717, 1.165) is 38.5 Å². The number of unbranched alkanes of at least 4 members (excludes halogenated alkanes) is 4. The Morgan fingerprint density at radius 2 is 1.48 bits per heavy atom. The smallest absolute Gasteiger partial charge is 0.326 e. The number of amides is 2. The van der Waals surface area contributed by atoms with Crippen molar-refractivity contribution < 1.29 is 32.6 Å². The molecule has 0 aromatic heterocycles. The highest BCUT2D eigenvalue weighted by molar-refractivity contribution is 7.92. The topological polar surface area (TPSA) is 151 Å². The maximum Gasteiger partial charge on any atom is 0.326 e. The molecule has 1 fully saturated rings. The number of anilines is 2. The zero-order valence-corrected chi connectivity index (χ0v) is 27.0. The molecule has 3 aromatic rings. The lowest BCUT2D eigenvalue weighted by Crippen LogP contribution is -2.42. The molecule has 246 valence electrons. The van der Waals surface area contributed by atoms with Crippen LogP contribution in [0.5, 0.6) is 5.75 Å². The normalized spacial score (nSPS) is 13.9. The van der Waals surface area contributed by atoms with Crippen molar-refractivity contribution in [2.24, 2.45) is 5.92 Å². The summed E-state index contributed by atoms with van der Waals surface area (Å²) in [6.07, 6.45) is 9.48. The molecule has 1 aliphatic rings. The van der Waals surface area contributed by atoms with Crippen LogP contribution >= 0.6 is 0 Å². The molecule has 1 aliphatic carbocycles. The van der Waals surface area contributed by atoms with E-state index in [1.165, 1.54) is 43.5 Å². The molecule has 1 saturated carbocycles. The van der Waals surface area contributed by atoms with Crippen LogP contribution in [0.4, 0.5) is 11.4 Å². The number of nitrogens with one attached hydrogen (secondary N) is 3. The van der Waals surface area contributed by atoms with Crippen LogP contribution in [0.2, 0.25) is 0 Å². The molecule has 0 radical (unpaired) electrons. The molecule has 4 N–H and O–H groups in total. The predicted octanol–water partition coefficient (Wildman–Crippen LogP) is 6.39. The fourth-order valence-electron chi connectivity index (χ4n) is 5.35. The number of sulfonamides is 1. The Morgan fingerprint density at radius 3 is 2.11 bits per heavy atom. The van der Waals surface area contributed by atoms with Gasteiger partial charge in [0.25, 0.3) is 15.9 Å². The first kappa shape index (κ1) is 34.5. The van der Waals surface area contributed by atoms with Gasteiger partial charge in [-0.25, -0.2) is 13.2 Å². The van der Waals surface area contributed by atoms with E-state index >= 15 is 0 Å². The van der Waals surface area contributed by atoms with E-state index in [1.54, 1.807) is 48.5 Å². The third kappa shape index (κ3) is 10.3. The summed E-state index contributed by atoms with van der Waals surface area (Å²) in [6.45, 7) is 2.75. The fraction of sp³-hybridized carbons (Fsp3) is 0.400. The number of carboxylic acid groups (broad SMARTS) is 1. The van der Waals surface area contributed by atoms with Crippen LogP contribution in [0, 0.1) is 5.92 Å². The van der Waals surface area contributed by atoms with Crippen LogP contribution in [-0.2, 0) is 26.0 Å². The zero-order chi connectivity index (χ0) is 32.9. The van der Waals surface area contributed by atoms with Gasteiger partial charge in [0.2, 0.25) is 5.91 Å². The Balaban J connectivity index is 1.28. The molecule has 11 heteroatoms. The number of hydrogen-bond acceptors (Lipinski definition) is 6. The van der Waals surface area contributed by atoms with Crippen LogP contribution in [-0.4, -0.2) is 44.0 Å². The van der Waals surface area contributed by atoms with E-state index in [-0.39, 0.29) is 28.7 Å². The van der Waals surface area contributed by atoms with Crippen molar-refractivity contribution in [1.82, 2.24) is 5.32 Å². The summed E-state index contributed by atoms with van der Waals surface area (Å²) in [6, 6.07) is 17.7. The molecule has 4 rings (SSSR count). The van der Waals surface area contributed by atoms with Gasteiger partial charge >= 0.3 is 5.97 Å². The van der Waals surface area contributed by atoms with Gasteiger partial charge in [-0.2, -0.15) is 0 Å². The van der Waals surface area contributed by atoms with Gasteiger partial charge in [-0.05, 0) is 85.5 Å². The van der Waals surface area contributed by atoms with Crippen molar-refractivity contribution in [2.75, 3.05) is 16.6 Å². The molecule has 0 bridgehead atoms. The average Bonchev–Trinajstić information content (AvgIpc) is 3.59. The summed E-state index contributed by atoms with van der Waals surface area (Å²) < 4.78 is 34.1. The largest absolute Gasteiger partial charge is 0.494 e. The summed E-state index contributed by atoms with van der Waals surface area (Å²) in [5, 5.41) is 15.2. The van der Waals surface area contributed by atoms with E-state index in [1.807, 2.05) is 0 Å². The maximum atomic E-state index is 12.9. The van der Waals surface area contributed by atoms with Crippen molar-refractivity contribution >= 4 is 39.2 Å². The maximum absolute atomic E-state index is 12.9. The lowest BCUT2D eigenvalue weighted by atomic mass is 10.0. The third-order valence-corrected chi connectivity index (χ3v) is 9.44. The van der Waals surface area contributed by atoms with Crippen LogP contribution in [0.15, 0.2) is 77.7 Å². The Labute approximate surface area is 271 Å². The second-order valence-corrected chi connectivity index (χ2v) is 13.3. The van der Waals surface area contributed by atoms with Crippen molar-refractivity contribution in [2.45, 2.75) is 82.1 Å². The predicted molar refractivity (Wildman–Crippen MR) is 178 cm³/mol. The van der Waals surface area contributed by atoms with E-state index < -0.39 is 27.9 Å². The minimum atomic E-state index is -3.86. The van der Waals surface area contributed by atoms with Gasteiger partial charge in [0.05, 0.1) is 11.5 Å². The zero-order valence-electron chi connectivity index (χ0n) is 26.2. The first-order valence-corrected chi connectivity index (χ1v) is 17.4. The second kappa shape index (κ2) is 16.8. The molecule has 1 unspecified atom stereocenters. The van der Waals surface area contributed by atoms with Crippen molar-refractivity contribution in [3.05, 3.63) is 83.9 Å². The SMILES string of the molecule is CCCCCCCOc1ccc(S(=O)(=O)Nc2ccc(CC(NC(=O)c3ccc(NC(=O)C4CCCC4)cc3)C(=O)O)cc2)cc1. The van der Waals surface area contributed by atoms with E-state index in [2.05, 4.69) is 22.3 Å². The molecule has 0 saturated heterocycles. The number of benzene rings is 3. The van der Waals surface area contributed by atoms with Gasteiger partial charge in [-0.3, -0.25) is 14.3 Å². The lowest BCUT2D eigenvalue weighted by Gasteiger charge is -2.16. The number of aliphatic carboxylic acids is 1. The van der Waals surface area contributed by atoms with E-state index in [9.17, 15) is 27.9 Å². The van der Waals surface area contributed by atoms with Crippen LogP contribution in [0.1, 0.15) is 80.6 Å². The van der Waals surface area contributed by atoms with Gasteiger partial charge in [-0.15, -0.1) is 0 Å². The third-order valence-electron chi connectivity index (χ3n) is 8.04. The highest BCUT2D eigenvalue weighted by Gasteiger charge is 2.24. The Morgan fingerprint density at radius 1 is 0.848 bits per heavy atom. The Bertz CT molecular complexity index is 1550. The summed E-state index contributed by atoms with van der Waals surface area (Å²) in [7, 11) is -3.86. The van der Waals surface area contributed by atoms with Crippen molar-refractivity contribution in [3.63, 3.8) is 0 Å². The standard InChI is InChI=1S/C35H43N3O7S/c1-2-3-4-5-8-23-45-30-19-21-31(22-20-30)46(43,44)38-29-15-11-25(12-16-29)24-32(35(41)42)37-34(40)27-13-17-28(18-14-27)36-33(39)26-9-6-7-10-26/h11-22,26,32,38H,2-10,23-24H2,1H3,(H,36,39)(H,37,40)(H,41,42). The molecular weight excluding hydrogens is 606 g/mol. The summed E-state index contributed by atoms with van der Waals surface area (Å²) in [5.41, 5.74) is 1.74. The number of ether oxygens (including phenoxy) is 1. The van der Waals surface area contributed by atoms with Gasteiger partial charge in [-0.1, -0.05) is 57.6 Å². The summed E-state index contributed by atoms with van der Waals surface area (Å²) >= 11 is 0. The number of carboxylic acids is 1. The highest BCUT2D eigenvalue weighted by Crippen LogP contribution is 2.26. The molecule has 10 nitrogen and oxygen atoms in total. The van der Waals surface area contributed by atoms with Crippen LogP contribution in [0.3, 0.4) is 0 Å². The Hall–Kier alpha value is -4.38. The van der Waals surface area contributed by atoms with Gasteiger partial charge in [0.1, 0.15) is 11.8 Å². The van der Waals surface area contributed by atoms with Gasteiger partial charge in [0, 0.05) is 29.3 Å². The van der Waals surface area contributed by atoms with Crippen LogP contribution < -0.4 is 20.1 Å². The molecule has 1 atom stereocenters. The minimum Gasteiger partial charge on any atom is -0.494 e. The Kier molecular flexibility index (Phi) is 12.6. The quantitative estimate of drug-likeness (QED) is 0.124. The van der Waals surface area contributed by atoms with Crippen molar-refractivity contribution in [3.8, 4) is 5.75 Å². The van der Waals surface area contributed by atoms with Crippen LogP contribution in [0.25, 0.3) is 0 Å². The number of carbonyl (C=O) groups is 3. The average molecular weight is 650 g/mol. The molecule has 0 heterocycles.